The predicted octanol–water partition coefficient (Wildman–Crippen LogP) is 0.0484. The van der Waals surface area contributed by atoms with E-state index in [0.29, 0.717) is 11.0 Å². The third-order valence-electron chi connectivity index (χ3n) is 1.77. The first-order chi connectivity index (χ1) is 5.83. The maximum Gasteiger partial charge on any atom is 0.190 e. The third kappa shape index (κ3) is 3.34. The fourth-order valence-corrected chi connectivity index (χ4v) is 1.28. The van der Waals surface area contributed by atoms with Crippen LogP contribution in [0.5, 0.6) is 0 Å². The monoisotopic (exact) mass is 190 g/mol. The highest BCUT2D eigenvalue weighted by molar-refractivity contribution is 7.80. The zero-order valence-electron chi connectivity index (χ0n) is 7.13. The van der Waals surface area contributed by atoms with Gasteiger partial charge in [0.1, 0.15) is 0 Å². The third-order valence-corrected chi connectivity index (χ3v) is 2.00. The molecule has 1 unspecified atom stereocenters. The summed E-state index contributed by atoms with van der Waals surface area (Å²) < 4.78 is 5.21. The maximum atomic E-state index is 5.21. The van der Waals surface area contributed by atoms with Crippen molar-refractivity contribution in [2.24, 2.45) is 5.92 Å². The van der Waals surface area contributed by atoms with Gasteiger partial charge >= 0.3 is 0 Å². The molecular weight excluding hydrogens is 176 g/mol. The molecule has 2 N–H and O–H groups in total. The van der Waals surface area contributed by atoms with Gasteiger partial charge in [-0.3, -0.25) is 4.84 Å². The highest BCUT2D eigenvalue weighted by Crippen LogP contribution is 2.10. The maximum absolute atomic E-state index is 5.21. The molecule has 4 nitrogen and oxygen atoms in total. The molecule has 1 rings (SSSR count). The largest absolute Gasteiger partial charge is 0.381 e. The smallest absolute Gasteiger partial charge is 0.190 e. The summed E-state index contributed by atoms with van der Waals surface area (Å²) in [5.74, 6) is 0.585. The van der Waals surface area contributed by atoms with Gasteiger partial charge in [0, 0.05) is 19.1 Å². The van der Waals surface area contributed by atoms with Crippen molar-refractivity contribution in [3.8, 4) is 0 Å². The molecule has 1 fully saturated rings. The number of hydroxylamine groups is 1. The predicted molar refractivity (Wildman–Crippen MR) is 49.7 cm³/mol. The SMILES string of the molecule is CONC(=S)NCC1CCOC1. The first-order valence-corrected chi connectivity index (χ1v) is 4.38. The summed E-state index contributed by atoms with van der Waals surface area (Å²) in [7, 11) is 1.53. The molecule has 5 heteroatoms. The lowest BCUT2D eigenvalue weighted by Gasteiger charge is -2.11. The Bertz CT molecular complexity index is 148. The Balaban J connectivity index is 2.03. The summed E-state index contributed by atoms with van der Waals surface area (Å²) in [5.41, 5.74) is 2.55. The molecule has 12 heavy (non-hydrogen) atoms. The van der Waals surface area contributed by atoms with Crippen LogP contribution in [-0.2, 0) is 9.57 Å². The highest BCUT2D eigenvalue weighted by atomic mass is 32.1. The second kappa shape index (κ2) is 5.29. The molecule has 1 aliphatic heterocycles. The van der Waals surface area contributed by atoms with E-state index in [0.717, 1.165) is 26.2 Å². The molecule has 0 bridgehead atoms. The van der Waals surface area contributed by atoms with Gasteiger partial charge in [0.2, 0.25) is 0 Å². The average Bonchev–Trinajstić information content (AvgIpc) is 2.53. The van der Waals surface area contributed by atoms with Gasteiger partial charge in [-0.25, -0.2) is 5.48 Å². The van der Waals surface area contributed by atoms with E-state index in [4.69, 9.17) is 17.0 Å². The highest BCUT2D eigenvalue weighted by Gasteiger charge is 2.15. The molecule has 0 aliphatic carbocycles. The van der Waals surface area contributed by atoms with Crippen molar-refractivity contribution in [1.29, 1.82) is 0 Å². The second-order valence-electron chi connectivity index (χ2n) is 2.75. The van der Waals surface area contributed by atoms with Crippen molar-refractivity contribution in [1.82, 2.24) is 10.8 Å². The van der Waals surface area contributed by atoms with Crippen LogP contribution in [0.1, 0.15) is 6.42 Å². The van der Waals surface area contributed by atoms with Crippen molar-refractivity contribution in [2.75, 3.05) is 26.9 Å². The first-order valence-electron chi connectivity index (χ1n) is 3.97. The summed E-state index contributed by atoms with van der Waals surface area (Å²) in [6.45, 7) is 2.56. The summed E-state index contributed by atoms with van der Waals surface area (Å²) in [6.07, 6.45) is 1.11. The van der Waals surface area contributed by atoms with Gasteiger partial charge in [0.05, 0.1) is 13.7 Å². The molecule has 0 aromatic heterocycles. The molecule has 1 aliphatic rings. The number of nitrogens with one attached hydrogen (secondary N) is 2. The lowest BCUT2D eigenvalue weighted by Crippen LogP contribution is -2.37. The number of rotatable bonds is 3. The first kappa shape index (κ1) is 9.70. The van der Waals surface area contributed by atoms with Gasteiger partial charge in [-0.2, -0.15) is 0 Å². The van der Waals surface area contributed by atoms with E-state index in [-0.39, 0.29) is 0 Å². The fraction of sp³-hybridized carbons (Fsp3) is 0.857. The van der Waals surface area contributed by atoms with E-state index >= 15 is 0 Å². The van der Waals surface area contributed by atoms with Crippen LogP contribution in [0.2, 0.25) is 0 Å². The van der Waals surface area contributed by atoms with Crippen LogP contribution in [0.4, 0.5) is 0 Å². The summed E-state index contributed by atoms with van der Waals surface area (Å²) >= 11 is 4.90. The van der Waals surface area contributed by atoms with Crippen LogP contribution in [-0.4, -0.2) is 32.0 Å². The molecular formula is C7H14N2O2S. The molecule has 0 amide bonds. The van der Waals surface area contributed by atoms with E-state index in [2.05, 4.69) is 15.6 Å². The molecule has 0 radical (unpaired) electrons. The van der Waals surface area contributed by atoms with Crippen LogP contribution >= 0.6 is 12.2 Å². The standard InChI is InChI=1S/C7H14N2O2S/c1-10-9-7(12)8-4-6-2-3-11-5-6/h6H,2-5H2,1H3,(H2,8,9,12). The van der Waals surface area contributed by atoms with Crippen LogP contribution in [0.15, 0.2) is 0 Å². The minimum Gasteiger partial charge on any atom is -0.381 e. The zero-order chi connectivity index (χ0) is 8.81. The quantitative estimate of drug-likeness (QED) is 0.486. The average molecular weight is 190 g/mol. The van der Waals surface area contributed by atoms with Crippen molar-refractivity contribution in [3.63, 3.8) is 0 Å². The minimum absolute atomic E-state index is 0.532. The van der Waals surface area contributed by atoms with Crippen LogP contribution in [0.25, 0.3) is 0 Å². The van der Waals surface area contributed by atoms with Gasteiger partial charge in [-0.1, -0.05) is 0 Å². The topological polar surface area (TPSA) is 42.5 Å². The van der Waals surface area contributed by atoms with Gasteiger partial charge in [-0.15, -0.1) is 0 Å². The van der Waals surface area contributed by atoms with Crippen molar-refractivity contribution < 1.29 is 9.57 Å². The lowest BCUT2D eigenvalue weighted by atomic mass is 10.1. The Labute approximate surface area is 77.6 Å². The van der Waals surface area contributed by atoms with Crippen molar-refractivity contribution >= 4 is 17.3 Å². The van der Waals surface area contributed by atoms with Crippen LogP contribution < -0.4 is 10.8 Å². The molecule has 0 saturated carbocycles. The van der Waals surface area contributed by atoms with E-state index < -0.39 is 0 Å². The molecule has 70 valence electrons. The Morgan fingerprint density at radius 2 is 2.58 bits per heavy atom. The molecule has 1 saturated heterocycles. The normalized spacial score (nSPS) is 22.2. The minimum atomic E-state index is 0.532. The summed E-state index contributed by atoms with van der Waals surface area (Å²) in [4.78, 5) is 4.63. The van der Waals surface area contributed by atoms with Crippen molar-refractivity contribution in [2.45, 2.75) is 6.42 Å². The van der Waals surface area contributed by atoms with E-state index in [1.807, 2.05) is 0 Å². The Morgan fingerprint density at radius 1 is 1.75 bits per heavy atom. The molecule has 0 spiro atoms. The second-order valence-corrected chi connectivity index (χ2v) is 3.15. The number of hydrogen-bond acceptors (Lipinski definition) is 3. The zero-order valence-corrected chi connectivity index (χ0v) is 7.95. The lowest BCUT2D eigenvalue weighted by molar-refractivity contribution is 0.143. The molecule has 1 heterocycles. The molecule has 0 aromatic rings. The van der Waals surface area contributed by atoms with Gasteiger partial charge in [-0.05, 0) is 18.6 Å². The van der Waals surface area contributed by atoms with Crippen molar-refractivity contribution in [3.05, 3.63) is 0 Å². The summed E-state index contributed by atoms with van der Waals surface area (Å²) in [5, 5.41) is 3.57. The van der Waals surface area contributed by atoms with E-state index in [9.17, 15) is 0 Å². The Kier molecular flexibility index (Phi) is 4.27. The van der Waals surface area contributed by atoms with Gasteiger partial charge in [0.25, 0.3) is 0 Å². The van der Waals surface area contributed by atoms with Crippen LogP contribution in [0, 0.1) is 5.92 Å². The van der Waals surface area contributed by atoms with E-state index in [1.54, 1.807) is 0 Å². The summed E-state index contributed by atoms with van der Waals surface area (Å²) in [6, 6.07) is 0. The van der Waals surface area contributed by atoms with Gasteiger partial charge in [0.15, 0.2) is 5.11 Å². The van der Waals surface area contributed by atoms with E-state index in [1.165, 1.54) is 7.11 Å². The number of hydrogen-bond donors (Lipinski definition) is 2. The van der Waals surface area contributed by atoms with Crippen LogP contribution in [0.3, 0.4) is 0 Å². The number of ether oxygens (including phenoxy) is 1. The van der Waals surface area contributed by atoms with Gasteiger partial charge < -0.3 is 10.1 Å². The molecule has 1 atom stereocenters. The molecule has 0 aromatic carbocycles. The fourth-order valence-electron chi connectivity index (χ4n) is 1.11. The number of thiocarbonyl (C=S) groups is 1. The Hall–Kier alpha value is -0.390. The Morgan fingerprint density at radius 3 is 3.17 bits per heavy atom.